The number of para-hydroxylation sites is 1. The first kappa shape index (κ1) is 13.6. The molecule has 1 aliphatic heterocycles. The van der Waals surface area contributed by atoms with Crippen LogP contribution in [-0.4, -0.2) is 30.0 Å². The number of piperidine rings is 1. The fourth-order valence-corrected chi connectivity index (χ4v) is 2.56. The molecule has 2 heterocycles. The van der Waals surface area contributed by atoms with Crippen LogP contribution in [0.15, 0.2) is 41.3 Å². The van der Waals surface area contributed by atoms with E-state index in [2.05, 4.69) is 10.3 Å². The minimum Gasteiger partial charge on any atom is -0.438 e. The number of halogens is 1. The normalized spacial score (nSPS) is 16.0. The third-order valence-corrected chi connectivity index (χ3v) is 3.68. The molecule has 0 radical (unpaired) electrons. The number of nitrogens with zero attached hydrogens (tertiary/aromatic N) is 2. The van der Waals surface area contributed by atoms with E-state index < -0.39 is 0 Å². The van der Waals surface area contributed by atoms with Gasteiger partial charge in [-0.25, -0.2) is 9.37 Å². The number of amides is 1. The fourth-order valence-electron chi connectivity index (χ4n) is 2.56. The minimum absolute atomic E-state index is 0.0747. The molecule has 0 aliphatic carbocycles. The Bertz CT molecular complexity index is 607. The topological polar surface area (TPSA) is 58.4 Å². The summed E-state index contributed by atoms with van der Waals surface area (Å²) in [4.78, 5) is 17.6. The standard InChI is InChI=1S/C15H16FN3O2/c16-12-3-1-2-4-13(12)19-7-5-11(6-8-19)18-15(20)14-9-17-10-21-14/h1-4,9-11H,5-8H2,(H,18,20). The summed E-state index contributed by atoms with van der Waals surface area (Å²) in [5, 5.41) is 2.91. The number of oxazole rings is 1. The predicted octanol–water partition coefficient (Wildman–Crippen LogP) is 2.21. The number of carbonyl (C=O) groups is 1. The van der Waals surface area contributed by atoms with Gasteiger partial charge in [0, 0.05) is 19.1 Å². The van der Waals surface area contributed by atoms with Gasteiger partial charge in [-0.15, -0.1) is 0 Å². The van der Waals surface area contributed by atoms with Crippen molar-refractivity contribution in [2.75, 3.05) is 18.0 Å². The lowest BCUT2D eigenvalue weighted by Gasteiger charge is -2.33. The van der Waals surface area contributed by atoms with E-state index in [4.69, 9.17) is 4.42 Å². The van der Waals surface area contributed by atoms with Gasteiger partial charge in [-0.1, -0.05) is 12.1 Å². The summed E-state index contributed by atoms with van der Waals surface area (Å²) in [6, 6.07) is 6.83. The van der Waals surface area contributed by atoms with Crippen molar-refractivity contribution in [3.63, 3.8) is 0 Å². The SMILES string of the molecule is O=C(NC1CCN(c2ccccc2F)CC1)c1cnco1. The van der Waals surface area contributed by atoms with Gasteiger partial charge in [-0.05, 0) is 25.0 Å². The lowest BCUT2D eigenvalue weighted by molar-refractivity contribution is 0.0903. The Labute approximate surface area is 121 Å². The van der Waals surface area contributed by atoms with Gasteiger partial charge in [0.05, 0.1) is 11.9 Å². The van der Waals surface area contributed by atoms with Crippen LogP contribution in [0, 0.1) is 5.82 Å². The number of hydrogen-bond donors (Lipinski definition) is 1. The minimum atomic E-state index is -0.253. The largest absolute Gasteiger partial charge is 0.438 e. The lowest BCUT2D eigenvalue weighted by atomic mass is 10.0. The van der Waals surface area contributed by atoms with Crippen LogP contribution in [0.1, 0.15) is 23.4 Å². The van der Waals surface area contributed by atoms with E-state index in [-0.39, 0.29) is 23.5 Å². The number of nitrogens with one attached hydrogen (secondary N) is 1. The van der Waals surface area contributed by atoms with Crippen LogP contribution in [0.4, 0.5) is 10.1 Å². The molecule has 1 N–H and O–H groups in total. The van der Waals surface area contributed by atoms with Crippen LogP contribution >= 0.6 is 0 Å². The Kier molecular flexibility index (Phi) is 3.85. The molecular weight excluding hydrogens is 273 g/mol. The summed E-state index contributed by atoms with van der Waals surface area (Å²) < 4.78 is 18.7. The highest BCUT2D eigenvalue weighted by molar-refractivity contribution is 5.91. The van der Waals surface area contributed by atoms with Crippen molar-refractivity contribution in [2.45, 2.75) is 18.9 Å². The first-order valence-electron chi connectivity index (χ1n) is 6.93. The molecule has 0 bridgehead atoms. The van der Waals surface area contributed by atoms with E-state index in [1.165, 1.54) is 18.7 Å². The molecule has 1 fully saturated rings. The molecule has 0 saturated carbocycles. The van der Waals surface area contributed by atoms with Crippen molar-refractivity contribution in [3.8, 4) is 0 Å². The second-order valence-electron chi connectivity index (χ2n) is 5.05. The number of benzene rings is 1. The molecule has 1 amide bonds. The average molecular weight is 289 g/mol. The molecule has 1 aromatic heterocycles. The molecule has 0 atom stereocenters. The van der Waals surface area contributed by atoms with Crippen molar-refractivity contribution in [1.82, 2.24) is 10.3 Å². The Morgan fingerprint density at radius 3 is 2.76 bits per heavy atom. The third kappa shape index (κ3) is 3.04. The van der Waals surface area contributed by atoms with Gasteiger partial charge in [0.2, 0.25) is 5.76 Å². The van der Waals surface area contributed by atoms with Gasteiger partial charge in [0.15, 0.2) is 6.39 Å². The van der Waals surface area contributed by atoms with E-state index in [0.29, 0.717) is 18.8 Å². The first-order chi connectivity index (χ1) is 10.2. The van der Waals surface area contributed by atoms with E-state index in [9.17, 15) is 9.18 Å². The highest BCUT2D eigenvalue weighted by atomic mass is 19.1. The van der Waals surface area contributed by atoms with Gasteiger partial charge in [-0.2, -0.15) is 0 Å². The van der Waals surface area contributed by atoms with Crippen LogP contribution in [0.3, 0.4) is 0 Å². The van der Waals surface area contributed by atoms with Gasteiger partial charge < -0.3 is 14.6 Å². The third-order valence-electron chi connectivity index (χ3n) is 3.68. The number of anilines is 1. The molecular formula is C15H16FN3O2. The van der Waals surface area contributed by atoms with Crippen LogP contribution in [-0.2, 0) is 0 Å². The van der Waals surface area contributed by atoms with E-state index in [0.717, 1.165) is 12.8 Å². The lowest BCUT2D eigenvalue weighted by Crippen LogP contribution is -2.44. The maximum Gasteiger partial charge on any atom is 0.288 e. The number of carbonyl (C=O) groups excluding carboxylic acids is 1. The molecule has 0 spiro atoms. The zero-order valence-electron chi connectivity index (χ0n) is 11.5. The van der Waals surface area contributed by atoms with E-state index in [1.54, 1.807) is 12.1 Å². The quantitative estimate of drug-likeness (QED) is 0.941. The summed E-state index contributed by atoms with van der Waals surface area (Å²) in [6.07, 6.45) is 4.17. The second kappa shape index (κ2) is 5.95. The van der Waals surface area contributed by atoms with Gasteiger partial charge in [0.1, 0.15) is 5.82 Å². The molecule has 3 rings (SSSR count). The van der Waals surface area contributed by atoms with Crippen LogP contribution in [0.2, 0.25) is 0 Å². The zero-order valence-corrected chi connectivity index (χ0v) is 11.5. The number of hydrogen-bond acceptors (Lipinski definition) is 4. The van der Waals surface area contributed by atoms with Crippen molar-refractivity contribution >= 4 is 11.6 Å². The summed E-state index contributed by atoms with van der Waals surface area (Å²) >= 11 is 0. The molecule has 110 valence electrons. The molecule has 21 heavy (non-hydrogen) atoms. The molecule has 6 heteroatoms. The van der Waals surface area contributed by atoms with Gasteiger partial charge in [0.25, 0.3) is 5.91 Å². The Hall–Kier alpha value is -2.37. The van der Waals surface area contributed by atoms with Crippen molar-refractivity contribution < 1.29 is 13.6 Å². The smallest absolute Gasteiger partial charge is 0.288 e. The Balaban J connectivity index is 1.56. The van der Waals surface area contributed by atoms with Crippen molar-refractivity contribution in [3.05, 3.63) is 48.4 Å². The molecule has 5 nitrogen and oxygen atoms in total. The van der Waals surface area contributed by atoms with Crippen molar-refractivity contribution in [2.24, 2.45) is 0 Å². The van der Waals surface area contributed by atoms with E-state index in [1.807, 2.05) is 11.0 Å². The molecule has 0 unspecified atom stereocenters. The molecule has 1 saturated heterocycles. The Morgan fingerprint density at radius 2 is 2.10 bits per heavy atom. The fraction of sp³-hybridized carbons (Fsp3) is 0.333. The first-order valence-corrected chi connectivity index (χ1v) is 6.93. The van der Waals surface area contributed by atoms with E-state index >= 15 is 0 Å². The zero-order chi connectivity index (χ0) is 14.7. The van der Waals surface area contributed by atoms with Crippen LogP contribution in [0.5, 0.6) is 0 Å². The average Bonchev–Trinajstić information content (AvgIpc) is 3.03. The number of aromatic nitrogens is 1. The van der Waals surface area contributed by atoms with Gasteiger partial charge >= 0.3 is 0 Å². The maximum atomic E-state index is 13.7. The molecule has 2 aromatic rings. The summed E-state index contributed by atoms with van der Waals surface area (Å²) in [6.45, 7) is 1.42. The summed E-state index contributed by atoms with van der Waals surface area (Å²) in [5.74, 6) is -0.245. The summed E-state index contributed by atoms with van der Waals surface area (Å²) in [5.41, 5.74) is 0.623. The second-order valence-corrected chi connectivity index (χ2v) is 5.05. The predicted molar refractivity (Wildman–Crippen MR) is 75.6 cm³/mol. The highest BCUT2D eigenvalue weighted by Gasteiger charge is 2.23. The highest BCUT2D eigenvalue weighted by Crippen LogP contribution is 2.22. The maximum absolute atomic E-state index is 13.7. The van der Waals surface area contributed by atoms with Crippen LogP contribution < -0.4 is 10.2 Å². The van der Waals surface area contributed by atoms with Crippen LogP contribution in [0.25, 0.3) is 0 Å². The van der Waals surface area contributed by atoms with Gasteiger partial charge in [-0.3, -0.25) is 4.79 Å². The Morgan fingerprint density at radius 1 is 1.33 bits per heavy atom. The monoisotopic (exact) mass is 289 g/mol. The van der Waals surface area contributed by atoms with Crippen molar-refractivity contribution in [1.29, 1.82) is 0 Å². The molecule has 1 aliphatic rings. The summed E-state index contributed by atoms with van der Waals surface area (Å²) in [7, 11) is 0. The number of rotatable bonds is 3. The molecule has 1 aromatic carbocycles.